The fourth-order valence-electron chi connectivity index (χ4n) is 4.66. The highest BCUT2D eigenvalue weighted by atomic mass is 32.1. The number of hydrogen-bond acceptors (Lipinski definition) is 2. The number of aromatic nitrogens is 2. The average Bonchev–Trinajstić information content (AvgIpc) is 3.32. The Labute approximate surface area is 176 Å². The third-order valence-corrected chi connectivity index (χ3v) is 7.15. The largest absolute Gasteiger partial charge is 0.309 e. The maximum atomic E-state index is 4.58. The molecule has 30 heavy (non-hydrogen) atoms. The molecule has 3 aromatic heterocycles. The lowest BCUT2D eigenvalue weighted by Gasteiger charge is -2.09. The molecule has 0 saturated carbocycles. The van der Waals surface area contributed by atoms with Gasteiger partial charge in [0.2, 0.25) is 0 Å². The first-order chi connectivity index (χ1) is 14.9. The summed E-state index contributed by atoms with van der Waals surface area (Å²) in [5.74, 6) is 0. The van der Waals surface area contributed by atoms with Crippen molar-refractivity contribution < 1.29 is 0 Å². The minimum atomic E-state index is 1.02. The van der Waals surface area contributed by atoms with Gasteiger partial charge in [-0.3, -0.25) is 4.98 Å². The summed E-state index contributed by atoms with van der Waals surface area (Å²) in [6.07, 6.45) is 1.86. The van der Waals surface area contributed by atoms with Crippen LogP contribution in [0.3, 0.4) is 0 Å². The van der Waals surface area contributed by atoms with E-state index >= 15 is 0 Å². The number of pyridine rings is 1. The summed E-state index contributed by atoms with van der Waals surface area (Å²) in [6.45, 7) is 0. The lowest BCUT2D eigenvalue weighted by atomic mass is 10.1. The van der Waals surface area contributed by atoms with Crippen molar-refractivity contribution in [2.75, 3.05) is 0 Å². The molecule has 2 nitrogen and oxygen atoms in total. The maximum absolute atomic E-state index is 4.58. The Morgan fingerprint density at radius 3 is 2.43 bits per heavy atom. The van der Waals surface area contributed by atoms with Crippen molar-refractivity contribution in [3.63, 3.8) is 0 Å². The number of nitrogens with zero attached hydrogens (tertiary/aromatic N) is 2. The zero-order valence-electron chi connectivity index (χ0n) is 16.0. The van der Waals surface area contributed by atoms with E-state index in [0.29, 0.717) is 0 Å². The zero-order valence-corrected chi connectivity index (χ0v) is 16.9. The molecule has 0 saturated heterocycles. The molecule has 0 aliphatic heterocycles. The molecule has 0 aliphatic rings. The summed E-state index contributed by atoms with van der Waals surface area (Å²) in [4.78, 5) is 4.58. The normalized spacial score (nSPS) is 12.0. The van der Waals surface area contributed by atoms with Crippen LogP contribution in [0.15, 0.2) is 97.2 Å². The summed E-state index contributed by atoms with van der Waals surface area (Å²) in [6, 6.07) is 32.8. The van der Waals surface area contributed by atoms with Crippen LogP contribution in [0.4, 0.5) is 0 Å². The van der Waals surface area contributed by atoms with Crippen LogP contribution in [0, 0.1) is 0 Å². The molecular weight excluding hydrogens is 384 g/mol. The van der Waals surface area contributed by atoms with Crippen molar-refractivity contribution in [1.29, 1.82) is 0 Å². The SMILES string of the molecule is c1cnc2cc(-n3c4ccccc4c4cc5sc6ccccc6c5cc43)ccc2c1. The highest BCUT2D eigenvalue weighted by Crippen LogP contribution is 2.40. The molecule has 0 aliphatic carbocycles. The van der Waals surface area contributed by atoms with Gasteiger partial charge in [-0.15, -0.1) is 11.3 Å². The van der Waals surface area contributed by atoms with E-state index in [9.17, 15) is 0 Å². The third-order valence-electron chi connectivity index (χ3n) is 6.02. The quantitative estimate of drug-likeness (QED) is 0.276. The third kappa shape index (κ3) is 2.15. The summed E-state index contributed by atoms with van der Waals surface area (Å²) < 4.78 is 5.06. The Kier molecular flexibility index (Phi) is 3.18. The van der Waals surface area contributed by atoms with Gasteiger partial charge in [-0.1, -0.05) is 48.5 Å². The van der Waals surface area contributed by atoms with Crippen LogP contribution >= 0.6 is 11.3 Å². The van der Waals surface area contributed by atoms with E-state index in [-0.39, 0.29) is 0 Å². The Morgan fingerprint density at radius 2 is 1.47 bits per heavy atom. The molecule has 4 aromatic carbocycles. The average molecular weight is 401 g/mol. The van der Waals surface area contributed by atoms with Crippen molar-refractivity contribution in [3.8, 4) is 5.69 Å². The highest BCUT2D eigenvalue weighted by molar-refractivity contribution is 7.25. The summed E-state index contributed by atoms with van der Waals surface area (Å²) >= 11 is 1.87. The summed E-state index contributed by atoms with van der Waals surface area (Å²) in [5.41, 5.74) is 4.63. The van der Waals surface area contributed by atoms with Crippen LogP contribution < -0.4 is 0 Å². The highest BCUT2D eigenvalue weighted by Gasteiger charge is 2.15. The number of rotatable bonds is 1. The van der Waals surface area contributed by atoms with Crippen molar-refractivity contribution in [2.45, 2.75) is 0 Å². The van der Waals surface area contributed by atoms with Gasteiger partial charge in [0.1, 0.15) is 0 Å². The van der Waals surface area contributed by atoms with E-state index in [2.05, 4.69) is 94.5 Å². The minimum Gasteiger partial charge on any atom is -0.309 e. The molecule has 0 N–H and O–H groups in total. The lowest BCUT2D eigenvalue weighted by Crippen LogP contribution is -1.94. The molecule has 0 fully saturated rings. The van der Waals surface area contributed by atoms with E-state index in [1.807, 2.05) is 23.6 Å². The van der Waals surface area contributed by atoms with Crippen LogP contribution in [-0.2, 0) is 0 Å². The monoisotopic (exact) mass is 400 g/mol. The molecular formula is C27H16N2S. The van der Waals surface area contributed by atoms with Gasteiger partial charge < -0.3 is 4.57 Å². The summed E-state index contributed by atoms with van der Waals surface area (Å²) in [7, 11) is 0. The fraction of sp³-hybridized carbons (Fsp3) is 0. The van der Waals surface area contributed by atoms with Gasteiger partial charge in [-0.05, 0) is 42.5 Å². The smallest absolute Gasteiger partial charge is 0.0722 e. The van der Waals surface area contributed by atoms with Gasteiger partial charge in [0, 0.05) is 48.2 Å². The minimum absolute atomic E-state index is 1.02. The van der Waals surface area contributed by atoms with Crippen molar-refractivity contribution in [1.82, 2.24) is 9.55 Å². The Morgan fingerprint density at radius 1 is 0.600 bits per heavy atom. The molecule has 0 atom stereocenters. The number of thiophene rings is 1. The zero-order chi connectivity index (χ0) is 19.7. The molecule has 3 heteroatoms. The predicted octanol–water partition coefficient (Wildman–Crippen LogP) is 7.70. The van der Waals surface area contributed by atoms with E-state index in [0.717, 1.165) is 16.6 Å². The molecule has 7 rings (SSSR count). The number of hydrogen-bond donors (Lipinski definition) is 0. The first-order valence-corrected chi connectivity index (χ1v) is 10.9. The Hall–Kier alpha value is -3.69. The van der Waals surface area contributed by atoms with Crippen molar-refractivity contribution in [3.05, 3.63) is 97.2 Å². The number of para-hydroxylation sites is 1. The Balaban J connectivity index is 1.66. The topological polar surface area (TPSA) is 17.8 Å². The molecule has 0 unspecified atom stereocenters. The van der Waals surface area contributed by atoms with E-state index < -0.39 is 0 Å². The Bertz CT molecular complexity index is 1750. The number of benzene rings is 4. The molecule has 3 heterocycles. The van der Waals surface area contributed by atoms with Crippen molar-refractivity contribution in [2.24, 2.45) is 0 Å². The molecule has 0 amide bonds. The first kappa shape index (κ1) is 16.1. The van der Waals surface area contributed by atoms with Crippen LogP contribution in [0.1, 0.15) is 0 Å². The predicted molar refractivity (Wildman–Crippen MR) is 129 cm³/mol. The van der Waals surface area contributed by atoms with Crippen LogP contribution in [0.5, 0.6) is 0 Å². The van der Waals surface area contributed by atoms with Gasteiger partial charge >= 0.3 is 0 Å². The van der Waals surface area contributed by atoms with Crippen LogP contribution in [0.2, 0.25) is 0 Å². The fourth-order valence-corrected chi connectivity index (χ4v) is 5.79. The molecule has 140 valence electrons. The van der Waals surface area contributed by atoms with Crippen LogP contribution in [-0.4, -0.2) is 9.55 Å². The van der Waals surface area contributed by atoms with Gasteiger partial charge in [-0.25, -0.2) is 0 Å². The van der Waals surface area contributed by atoms with Gasteiger partial charge in [-0.2, -0.15) is 0 Å². The molecule has 0 bridgehead atoms. The van der Waals surface area contributed by atoms with E-state index in [1.165, 1.54) is 42.0 Å². The van der Waals surface area contributed by atoms with Crippen molar-refractivity contribution >= 4 is 64.2 Å². The second kappa shape index (κ2) is 5.91. The van der Waals surface area contributed by atoms with Gasteiger partial charge in [0.15, 0.2) is 0 Å². The molecule has 7 aromatic rings. The number of fused-ring (bicyclic) bond motifs is 7. The van der Waals surface area contributed by atoms with Gasteiger partial charge in [0.25, 0.3) is 0 Å². The van der Waals surface area contributed by atoms with E-state index in [4.69, 9.17) is 0 Å². The molecule has 0 radical (unpaired) electrons. The lowest BCUT2D eigenvalue weighted by molar-refractivity contribution is 1.18. The molecule has 0 spiro atoms. The second-order valence-corrected chi connectivity index (χ2v) is 8.78. The second-order valence-electron chi connectivity index (χ2n) is 7.70. The standard InChI is InChI=1S/C27H16N2S/c1-3-9-24-19(7-1)21-16-27-22(20-8-2-4-10-26(20)30-27)15-25(21)29(24)18-12-11-17-6-5-13-28-23(17)14-18/h1-16H. The van der Waals surface area contributed by atoms with Crippen LogP contribution in [0.25, 0.3) is 58.6 Å². The van der Waals surface area contributed by atoms with Gasteiger partial charge in [0.05, 0.1) is 16.6 Å². The summed E-state index contributed by atoms with van der Waals surface area (Å²) in [5, 5.41) is 6.40. The first-order valence-electron chi connectivity index (χ1n) is 10.1. The maximum Gasteiger partial charge on any atom is 0.0722 e. The van der Waals surface area contributed by atoms with E-state index in [1.54, 1.807) is 0 Å².